The van der Waals surface area contributed by atoms with E-state index < -0.39 is 11.7 Å². The molecule has 3 aromatic carbocycles. The van der Waals surface area contributed by atoms with Crippen molar-refractivity contribution in [1.82, 2.24) is 9.66 Å². The van der Waals surface area contributed by atoms with Crippen LogP contribution in [0.4, 0.5) is 10.1 Å². The van der Waals surface area contributed by atoms with E-state index in [4.69, 9.17) is 21.3 Å². The zero-order valence-corrected chi connectivity index (χ0v) is 24.3. The molecule has 0 fully saturated rings. The van der Waals surface area contributed by atoms with Crippen LogP contribution in [-0.2, 0) is 4.79 Å². The number of carbonyl (C=O) groups excluding carboxylic acids is 1. The van der Waals surface area contributed by atoms with Gasteiger partial charge in [-0.15, -0.1) is 0 Å². The van der Waals surface area contributed by atoms with Crippen LogP contribution in [0.15, 0.2) is 73.4 Å². The number of halogens is 4. The molecular weight excluding hydrogens is 643 g/mol. The zero-order chi connectivity index (χ0) is 27.4. The van der Waals surface area contributed by atoms with Crippen LogP contribution in [0.5, 0.6) is 5.75 Å². The van der Waals surface area contributed by atoms with Crippen LogP contribution in [0, 0.1) is 5.82 Å². The number of nitrogens with zero attached hydrogens (tertiary/aromatic N) is 3. The fourth-order valence-electron chi connectivity index (χ4n) is 3.58. The molecule has 0 saturated carbocycles. The summed E-state index contributed by atoms with van der Waals surface area (Å²) in [4.78, 5) is 30.2. The first-order valence-corrected chi connectivity index (χ1v) is 13.6. The van der Waals surface area contributed by atoms with Gasteiger partial charge in [-0.1, -0.05) is 53.5 Å². The molecule has 1 amide bonds. The van der Waals surface area contributed by atoms with E-state index in [9.17, 15) is 14.0 Å². The van der Waals surface area contributed by atoms with Crippen LogP contribution in [0.2, 0.25) is 5.02 Å². The van der Waals surface area contributed by atoms with Crippen molar-refractivity contribution in [3.8, 4) is 5.75 Å². The monoisotopic (exact) mass is 662 g/mol. The minimum atomic E-state index is -0.548. The highest BCUT2D eigenvalue weighted by atomic mass is 79.9. The first-order chi connectivity index (χ1) is 18.2. The molecule has 196 valence electrons. The van der Waals surface area contributed by atoms with Crippen LogP contribution >= 0.6 is 43.5 Å². The van der Waals surface area contributed by atoms with Gasteiger partial charge in [0.15, 0.2) is 12.4 Å². The van der Waals surface area contributed by atoms with E-state index in [-0.39, 0.29) is 34.5 Å². The number of rotatable bonds is 8. The Morgan fingerprint density at radius 1 is 1.24 bits per heavy atom. The molecule has 0 saturated heterocycles. The minimum Gasteiger partial charge on any atom is -0.481 e. The molecule has 1 heterocycles. The first kappa shape index (κ1) is 27.9. The Hall–Kier alpha value is -3.08. The van der Waals surface area contributed by atoms with Crippen LogP contribution in [0.25, 0.3) is 10.9 Å². The fourth-order valence-corrected chi connectivity index (χ4v) is 4.93. The highest BCUT2D eigenvalue weighted by Crippen LogP contribution is 2.34. The second kappa shape index (κ2) is 12.2. The third-order valence-electron chi connectivity index (χ3n) is 5.72. The normalized spacial score (nSPS) is 12.2. The van der Waals surface area contributed by atoms with Crippen molar-refractivity contribution in [3.05, 3.63) is 96.1 Å². The molecule has 0 radical (unpaired) electrons. The van der Waals surface area contributed by atoms with Gasteiger partial charge in [-0.2, -0.15) is 9.78 Å². The topological polar surface area (TPSA) is 85.6 Å². The summed E-state index contributed by atoms with van der Waals surface area (Å²) in [6.45, 7) is 3.62. The van der Waals surface area contributed by atoms with Crippen molar-refractivity contribution in [1.29, 1.82) is 0 Å². The second-order valence-electron chi connectivity index (χ2n) is 8.43. The number of amides is 1. The van der Waals surface area contributed by atoms with E-state index in [1.807, 2.05) is 19.9 Å². The summed E-state index contributed by atoms with van der Waals surface area (Å²) >= 11 is 13.2. The molecule has 1 aromatic heterocycles. The molecule has 0 aliphatic heterocycles. The Kier molecular flexibility index (Phi) is 8.96. The predicted octanol–water partition coefficient (Wildman–Crippen LogP) is 7.13. The molecule has 0 unspecified atom stereocenters. The van der Waals surface area contributed by atoms with Gasteiger partial charge in [0, 0.05) is 10.4 Å². The molecule has 0 aliphatic carbocycles. The maximum atomic E-state index is 13.8. The lowest BCUT2D eigenvalue weighted by Gasteiger charge is -2.14. The highest BCUT2D eigenvalue weighted by Gasteiger charge is 2.16. The Morgan fingerprint density at radius 2 is 2.00 bits per heavy atom. The zero-order valence-electron chi connectivity index (χ0n) is 20.3. The van der Waals surface area contributed by atoms with E-state index >= 15 is 0 Å². The van der Waals surface area contributed by atoms with Gasteiger partial charge in [0.1, 0.15) is 11.6 Å². The number of anilines is 1. The summed E-state index contributed by atoms with van der Waals surface area (Å²) in [6.07, 6.45) is 2.28. The van der Waals surface area contributed by atoms with Gasteiger partial charge in [-0.3, -0.25) is 9.59 Å². The van der Waals surface area contributed by atoms with Crippen LogP contribution in [0.1, 0.15) is 37.6 Å². The van der Waals surface area contributed by atoms with Gasteiger partial charge < -0.3 is 10.1 Å². The fraction of sp³-hybridized carbons (Fsp3) is 0.185. The Bertz CT molecular complexity index is 1590. The van der Waals surface area contributed by atoms with Crippen molar-refractivity contribution < 1.29 is 13.9 Å². The average molecular weight is 665 g/mol. The summed E-state index contributed by atoms with van der Waals surface area (Å²) in [5.41, 5.74) is 0.960. The molecule has 38 heavy (non-hydrogen) atoms. The summed E-state index contributed by atoms with van der Waals surface area (Å²) in [5, 5.41) is 7.56. The van der Waals surface area contributed by atoms with Gasteiger partial charge in [0.2, 0.25) is 0 Å². The Labute approximate surface area is 239 Å². The smallest absolute Gasteiger partial charge is 0.282 e. The van der Waals surface area contributed by atoms with E-state index in [1.54, 1.807) is 30.3 Å². The lowest BCUT2D eigenvalue weighted by Crippen LogP contribution is -2.23. The molecule has 4 aromatic rings. The summed E-state index contributed by atoms with van der Waals surface area (Å²) in [7, 11) is 0. The van der Waals surface area contributed by atoms with E-state index in [0.717, 1.165) is 10.9 Å². The molecule has 0 spiro atoms. The summed E-state index contributed by atoms with van der Waals surface area (Å²) in [6, 6.07) is 14.5. The number of nitrogens with one attached hydrogen (secondary N) is 1. The number of carbonyl (C=O) groups is 1. The van der Waals surface area contributed by atoms with Crippen molar-refractivity contribution in [2.24, 2.45) is 5.10 Å². The predicted molar refractivity (Wildman–Crippen MR) is 155 cm³/mol. The first-order valence-electron chi connectivity index (χ1n) is 11.6. The third kappa shape index (κ3) is 6.31. The second-order valence-corrected chi connectivity index (χ2v) is 10.6. The minimum absolute atomic E-state index is 0.00509. The third-order valence-corrected chi connectivity index (χ3v) is 7.09. The number of hydrogen-bond donors (Lipinski definition) is 1. The highest BCUT2D eigenvalue weighted by molar-refractivity contribution is 9.10. The number of benzene rings is 3. The lowest BCUT2D eigenvalue weighted by atomic mass is 10.1. The molecule has 1 N–H and O–H groups in total. The van der Waals surface area contributed by atoms with Crippen molar-refractivity contribution >= 4 is 72.2 Å². The average Bonchev–Trinajstić information content (AvgIpc) is 2.88. The molecule has 7 nitrogen and oxygen atoms in total. The summed E-state index contributed by atoms with van der Waals surface area (Å²) in [5.74, 6) is -0.309. The molecule has 1 atom stereocenters. The maximum absolute atomic E-state index is 13.8. The van der Waals surface area contributed by atoms with E-state index in [2.05, 4.69) is 42.3 Å². The SMILES string of the molecule is CC[C@@H](C)c1nc2ccc(Br)cc2c(=O)n1N=Cc1cc(Cl)c(OCC(=O)Nc2ccccc2F)c(Br)c1. The number of aromatic nitrogens is 2. The van der Waals surface area contributed by atoms with Gasteiger partial charge in [0.05, 0.1) is 32.3 Å². The van der Waals surface area contributed by atoms with E-state index in [0.29, 0.717) is 26.8 Å². The Balaban J connectivity index is 1.58. The van der Waals surface area contributed by atoms with Gasteiger partial charge in [-0.05, 0) is 70.4 Å². The molecular formula is C27H22Br2ClFN4O3. The number of ether oxygens (including phenoxy) is 1. The van der Waals surface area contributed by atoms with Gasteiger partial charge in [0.25, 0.3) is 11.5 Å². The number of fused-ring (bicyclic) bond motifs is 1. The summed E-state index contributed by atoms with van der Waals surface area (Å²) < 4.78 is 21.9. The van der Waals surface area contributed by atoms with Crippen LogP contribution in [-0.4, -0.2) is 28.4 Å². The number of para-hydroxylation sites is 1. The van der Waals surface area contributed by atoms with Crippen LogP contribution < -0.4 is 15.6 Å². The van der Waals surface area contributed by atoms with Crippen molar-refractivity contribution in [3.63, 3.8) is 0 Å². The largest absolute Gasteiger partial charge is 0.481 e. The molecule has 0 aliphatic rings. The molecule has 4 rings (SSSR count). The van der Waals surface area contributed by atoms with Gasteiger partial charge in [-0.25, -0.2) is 9.37 Å². The maximum Gasteiger partial charge on any atom is 0.282 e. The van der Waals surface area contributed by atoms with Crippen molar-refractivity contribution in [2.45, 2.75) is 26.2 Å². The standard InChI is InChI=1S/C27H22Br2ClFN4O3/c1-3-15(2)26-34-22-9-8-17(28)12-18(22)27(37)35(26)32-13-16-10-19(29)25(20(30)11-16)38-14-24(36)33-23-7-5-4-6-21(23)31/h4-13,15H,3,14H2,1-2H3,(H,33,36)/t15-/m1/s1. The molecule has 11 heteroatoms. The number of hydrogen-bond acceptors (Lipinski definition) is 5. The quantitative estimate of drug-likeness (QED) is 0.203. The molecule has 0 bridgehead atoms. The van der Waals surface area contributed by atoms with Crippen LogP contribution in [0.3, 0.4) is 0 Å². The Morgan fingerprint density at radius 3 is 2.71 bits per heavy atom. The van der Waals surface area contributed by atoms with E-state index in [1.165, 1.54) is 29.1 Å². The van der Waals surface area contributed by atoms with Gasteiger partial charge >= 0.3 is 0 Å². The lowest BCUT2D eigenvalue weighted by molar-refractivity contribution is -0.118. The van der Waals surface area contributed by atoms with Crippen molar-refractivity contribution in [2.75, 3.05) is 11.9 Å².